The number of fused-ring (bicyclic) bond motifs is 1. The number of aliphatic hydroxyl groups excluding tert-OH is 1. The molecule has 1 aromatic heterocycles. The summed E-state index contributed by atoms with van der Waals surface area (Å²) in [5.74, 6) is 0. The SMILES string of the molecule is CCNCC(O)c1cccc2[nH]cc(Cl)c12. The van der Waals surface area contributed by atoms with Gasteiger partial charge in [0.15, 0.2) is 0 Å². The second kappa shape index (κ2) is 4.87. The van der Waals surface area contributed by atoms with Gasteiger partial charge in [0, 0.05) is 23.6 Å². The maximum absolute atomic E-state index is 10.1. The molecule has 3 nitrogen and oxygen atoms in total. The minimum atomic E-state index is -0.531. The molecular formula is C12H15ClN2O. The van der Waals surface area contributed by atoms with E-state index >= 15 is 0 Å². The quantitative estimate of drug-likeness (QED) is 0.767. The van der Waals surface area contributed by atoms with Gasteiger partial charge >= 0.3 is 0 Å². The number of likely N-dealkylation sites (N-methyl/N-ethyl adjacent to an activating group) is 1. The molecule has 0 aliphatic carbocycles. The molecule has 2 rings (SSSR count). The van der Waals surface area contributed by atoms with Crippen molar-refractivity contribution in [2.75, 3.05) is 13.1 Å². The Morgan fingerprint density at radius 1 is 1.50 bits per heavy atom. The molecule has 86 valence electrons. The number of rotatable bonds is 4. The Kier molecular flexibility index (Phi) is 3.49. The summed E-state index contributed by atoms with van der Waals surface area (Å²) in [5.41, 5.74) is 1.82. The summed E-state index contributed by atoms with van der Waals surface area (Å²) in [4.78, 5) is 3.08. The van der Waals surface area contributed by atoms with Gasteiger partial charge in [-0.2, -0.15) is 0 Å². The summed E-state index contributed by atoms with van der Waals surface area (Å²) in [7, 11) is 0. The normalized spacial score (nSPS) is 13.2. The molecule has 0 aliphatic heterocycles. The van der Waals surface area contributed by atoms with Gasteiger partial charge in [0.2, 0.25) is 0 Å². The van der Waals surface area contributed by atoms with Crippen molar-refractivity contribution in [3.63, 3.8) is 0 Å². The number of aromatic amines is 1. The maximum Gasteiger partial charge on any atom is 0.0921 e. The summed E-state index contributed by atoms with van der Waals surface area (Å²) >= 11 is 6.09. The van der Waals surface area contributed by atoms with Gasteiger partial charge < -0.3 is 15.4 Å². The highest BCUT2D eigenvalue weighted by Gasteiger charge is 2.13. The first-order chi connectivity index (χ1) is 7.74. The Morgan fingerprint density at radius 3 is 3.06 bits per heavy atom. The number of aromatic nitrogens is 1. The maximum atomic E-state index is 10.1. The van der Waals surface area contributed by atoms with E-state index in [9.17, 15) is 5.11 Å². The van der Waals surface area contributed by atoms with Gasteiger partial charge in [-0.25, -0.2) is 0 Å². The van der Waals surface area contributed by atoms with Crippen molar-refractivity contribution in [2.24, 2.45) is 0 Å². The first-order valence-corrected chi connectivity index (χ1v) is 5.76. The van der Waals surface area contributed by atoms with Crippen LogP contribution in [0.2, 0.25) is 5.02 Å². The first-order valence-electron chi connectivity index (χ1n) is 5.38. The van der Waals surface area contributed by atoms with Crippen LogP contribution < -0.4 is 5.32 Å². The van der Waals surface area contributed by atoms with E-state index in [4.69, 9.17) is 11.6 Å². The van der Waals surface area contributed by atoms with Crippen LogP contribution in [0.4, 0.5) is 0 Å². The van der Waals surface area contributed by atoms with E-state index in [-0.39, 0.29) is 0 Å². The molecule has 0 radical (unpaired) electrons. The number of halogens is 1. The topological polar surface area (TPSA) is 48.0 Å². The molecule has 0 saturated carbocycles. The van der Waals surface area contributed by atoms with E-state index in [2.05, 4.69) is 10.3 Å². The Labute approximate surface area is 99.4 Å². The predicted octanol–water partition coefficient (Wildman–Crippen LogP) is 2.46. The van der Waals surface area contributed by atoms with E-state index in [1.807, 2.05) is 25.1 Å². The highest BCUT2D eigenvalue weighted by atomic mass is 35.5. The number of aliphatic hydroxyl groups is 1. The Hall–Kier alpha value is -1.03. The number of hydrogen-bond acceptors (Lipinski definition) is 2. The van der Waals surface area contributed by atoms with Gasteiger partial charge in [0.25, 0.3) is 0 Å². The van der Waals surface area contributed by atoms with Crippen LogP contribution in [0.3, 0.4) is 0 Å². The Bertz CT molecular complexity index is 481. The third kappa shape index (κ3) is 2.07. The lowest BCUT2D eigenvalue weighted by Gasteiger charge is -2.12. The summed E-state index contributed by atoms with van der Waals surface area (Å²) in [5, 5.41) is 14.7. The van der Waals surface area contributed by atoms with Crippen LogP contribution in [0.15, 0.2) is 24.4 Å². The van der Waals surface area contributed by atoms with Crippen LogP contribution in [0.5, 0.6) is 0 Å². The van der Waals surface area contributed by atoms with Crippen LogP contribution >= 0.6 is 11.6 Å². The summed E-state index contributed by atoms with van der Waals surface area (Å²) in [6.07, 6.45) is 1.22. The van der Waals surface area contributed by atoms with Crippen LogP contribution in [-0.2, 0) is 0 Å². The Balaban J connectivity index is 2.39. The molecule has 0 spiro atoms. The van der Waals surface area contributed by atoms with Crippen LogP contribution in [-0.4, -0.2) is 23.2 Å². The minimum absolute atomic E-state index is 0.531. The van der Waals surface area contributed by atoms with E-state index in [1.165, 1.54) is 0 Å². The van der Waals surface area contributed by atoms with Crippen molar-refractivity contribution in [3.8, 4) is 0 Å². The second-order valence-corrected chi connectivity index (χ2v) is 4.14. The van der Waals surface area contributed by atoms with Gasteiger partial charge in [-0.1, -0.05) is 30.7 Å². The molecule has 1 aromatic carbocycles. The molecule has 0 saturated heterocycles. The van der Waals surface area contributed by atoms with Crippen LogP contribution in [0.25, 0.3) is 10.9 Å². The fourth-order valence-electron chi connectivity index (χ4n) is 1.84. The first kappa shape index (κ1) is 11.5. The van der Waals surface area contributed by atoms with Gasteiger partial charge in [-0.15, -0.1) is 0 Å². The number of nitrogens with one attached hydrogen (secondary N) is 2. The predicted molar refractivity (Wildman–Crippen MR) is 66.8 cm³/mol. The number of benzene rings is 1. The largest absolute Gasteiger partial charge is 0.387 e. The zero-order valence-corrected chi connectivity index (χ0v) is 9.88. The lowest BCUT2D eigenvalue weighted by molar-refractivity contribution is 0.177. The summed E-state index contributed by atoms with van der Waals surface area (Å²) in [6, 6.07) is 5.77. The molecule has 4 heteroatoms. The van der Waals surface area contributed by atoms with Crippen LogP contribution in [0.1, 0.15) is 18.6 Å². The zero-order valence-electron chi connectivity index (χ0n) is 9.13. The highest BCUT2D eigenvalue weighted by molar-refractivity contribution is 6.35. The smallest absolute Gasteiger partial charge is 0.0921 e. The van der Waals surface area contributed by atoms with Gasteiger partial charge in [-0.05, 0) is 18.2 Å². The fraction of sp³-hybridized carbons (Fsp3) is 0.333. The lowest BCUT2D eigenvalue weighted by atomic mass is 10.0. The third-order valence-electron chi connectivity index (χ3n) is 2.64. The molecule has 1 unspecified atom stereocenters. The molecule has 3 N–H and O–H groups in total. The Morgan fingerprint density at radius 2 is 2.31 bits per heavy atom. The zero-order chi connectivity index (χ0) is 11.5. The van der Waals surface area contributed by atoms with Crippen molar-refractivity contribution >= 4 is 22.5 Å². The van der Waals surface area contributed by atoms with Crippen LogP contribution in [0, 0.1) is 0 Å². The van der Waals surface area contributed by atoms with E-state index < -0.39 is 6.10 Å². The summed E-state index contributed by atoms with van der Waals surface area (Å²) in [6.45, 7) is 3.39. The number of hydrogen-bond donors (Lipinski definition) is 3. The third-order valence-corrected chi connectivity index (χ3v) is 2.93. The molecule has 1 atom stereocenters. The molecule has 1 heterocycles. The van der Waals surface area contributed by atoms with Gasteiger partial charge in [0.1, 0.15) is 0 Å². The standard InChI is InChI=1S/C12H15ClN2O/c1-2-14-7-11(16)8-4-3-5-10-12(8)9(13)6-15-10/h3-6,11,14-16H,2,7H2,1H3. The molecule has 0 bridgehead atoms. The van der Waals surface area contributed by atoms with Crippen molar-refractivity contribution in [1.29, 1.82) is 0 Å². The fourth-order valence-corrected chi connectivity index (χ4v) is 2.10. The lowest BCUT2D eigenvalue weighted by Crippen LogP contribution is -2.20. The van der Waals surface area contributed by atoms with Gasteiger partial charge in [0.05, 0.1) is 11.1 Å². The van der Waals surface area contributed by atoms with E-state index in [0.29, 0.717) is 11.6 Å². The number of H-pyrrole nitrogens is 1. The second-order valence-electron chi connectivity index (χ2n) is 3.73. The molecule has 2 aromatic rings. The molecule has 0 fully saturated rings. The average molecular weight is 239 g/mol. The molecule has 0 aliphatic rings. The molecule has 16 heavy (non-hydrogen) atoms. The molecular weight excluding hydrogens is 224 g/mol. The van der Waals surface area contributed by atoms with Crippen molar-refractivity contribution < 1.29 is 5.11 Å². The van der Waals surface area contributed by atoms with E-state index in [0.717, 1.165) is 23.0 Å². The minimum Gasteiger partial charge on any atom is -0.387 e. The summed E-state index contributed by atoms with van der Waals surface area (Å²) < 4.78 is 0. The van der Waals surface area contributed by atoms with Crippen molar-refractivity contribution in [1.82, 2.24) is 10.3 Å². The van der Waals surface area contributed by atoms with E-state index in [1.54, 1.807) is 6.20 Å². The van der Waals surface area contributed by atoms with Gasteiger partial charge in [-0.3, -0.25) is 0 Å². The highest BCUT2D eigenvalue weighted by Crippen LogP contribution is 2.30. The molecule has 0 amide bonds. The van der Waals surface area contributed by atoms with Crippen molar-refractivity contribution in [2.45, 2.75) is 13.0 Å². The monoisotopic (exact) mass is 238 g/mol. The van der Waals surface area contributed by atoms with Crippen molar-refractivity contribution in [3.05, 3.63) is 35.0 Å². The average Bonchev–Trinajstić information content (AvgIpc) is 2.68.